The first-order valence-corrected chi connectivity index (χ1v) is 7.16. The number of hydrogen-bond acceptors (Lipinski definition) is 4. The van der Waals surface area contributed by atoms with E-state index in [0.717, 1.165) is 6.42 Å². The summed E-state index contributed by atoms with van der Waals surface area (Å²) in [6.07, 6.45) is -0.969. The normalized spacial score (nSPS) is 13.6. The second-order valence-electron chi connectivity index (χ2n) is 4.72. The monoisotopic (exact) mass is 351 g/mol. The molecule has 3 N–H and O–H groups in total. The molecule has 0 spiro atoms. The highest BCUT2D eigenvalue weighted by Gasteiger charge is 2.40. The summed E-state index contributed by atoms with van der Waals surface area (Å²) in [5.74, 6) is -4.69. The van der Waals surface area contributed by atoms with Gasteiger partial charge in [-0.3, -0.25) is 19.4 Å². The first kappa shape index (κ1) is 21.6. The van der Waals surface area contributed by atoms with E-state index in [0.29, 0.717) is 12.1 Å². The van der Waals surface area contributed by atoms with Crippen LogP contribution in [-0.2, 0) is 14.4 Å². The summed E-state index contributed by atoms with van der Waals surface area (Å²) in [4.78, 5) is 37.4. The summed E-state index contributed by atoms with van der Waals surface area (Å²) in [5, 5.41) is 12.0. The number of allylic oxidation sites excluding steroid dienone is 1. The van der Waals surface area contributed by atoms with Crippen molar-refractivity contribution in [2.24, 2.45) is 4.99 Å². The summed E-state index contributed by atoms with van der Waals surface area (Å²) >= 11 is 0. The topological polar surface area (TPSA) is 108 Å². The van der Waals surface area contributed by atoms with Gasteiger partial charge in [-0.2, -0.15) is 13.2 Å². The zero-order valence-corrected chi connectivity index (χ0v) is 13.3. The third kappa shape index (κ3) is 8.91. The van der Waals surface area contributed by atoms with E-state index in [9.17, 15) is 27.6 Å². The lowest BCUT2D eigenvalue weighted by Gasteiger charge is -2.19. The van der Waals surface area contributed by atoms with Gasteiger partial charge in [0.2, 0.25) is 5.91 Å². The lowest BCUT2D eigenvalue weighted by atomic mass is 10.1. The van der Waals surface area contributed by atoms with Crippen LogP contribution in [0.3, 0.4) is 0 Å². The fourth-order valence-electron chi connectivity index (χ4n) is 1.50. The van der Waals surface area contributed by atoms with Gasteiger partial charge in [0.1, 0.15) is 12.6 Å². The minimum Gasteiger partial charge on any atom is -0.480 e. The van der Waals surface area contributed by atoms with E-state index in [1.807, 2.05) is 12.2 Å². The predicted molar refractivity (Wildman–Crippen MR) is 80.4 cm³/mol. The van der Waals surface area contributed by atoms with Crippen molar-refractivity contribution in [1.82, 2.24) is 10.6 Å². The van der Waals surface area contributed by atoms with E-state index in [-0.39, 0.29) is 6.42 Å². The number of aliphatic imine (C=N–C) groups is 1. The average Bonchev–Trinajstić information content (AvgIpc) is 2.49. The summed E-state index contributed by atoms with van der Waals surface area (Å²) < 4.78 is 37.1. The molecule has 10 heteroatoms. The molecule has 0 saturated heterocycles. The summed E-state index contributed by atoms with van der Waals surface area (Å²) in [7, 11) is 0. The molecule has 0 rings (SSSR count). The number of hydrogen-bond donors (Lipinski definition) is 3. The largest absolute Gasteiger partial charge is 0.480 e. The third-order valence-corrected chi connectivity index (χ3v) is 2.71. The Morgan fingerprint density at radius 2 is 1.92 bits per heavy atom. The molecule has 0 aliphatic carbocycles. The molecule has 0 heterocycles. The van der Waals surface area contributed by atoms with Gasteiger partial charge in [-0.05, 0) is 13.3 Å². The van der Waals surface area contributed by atoms with Gasteiger partial charge in [-0.1, -0.05) is 19.4 Å². The number of alkyl halides is 3. The Morgan fingerprint density at radius 1 is 1.29 bits per heavy atom. The smallest absolute Gasteiger partial charge is 0.471 e. The second-order valence-corrected chi connectivity index (χ2v) is 4.72. The molecule has 7 nitrogen and oxygen atoms in total. The van der Waals surface area contributed by atoms with Crippen molar-refractivity contribution >= 4 is 24.0 Å². The number of nitrogens with one attached hydrogen (secondary N) is 2. The van der Waals surface area contributed by atoms with Crippen molar-refractivity contribution in [3.8, 4) is 0 Å². The van der Waals surface area contributed by atoms with Crippen molar-refractivity contribution < 1.29 is 32.7 Å². The zero-order valence-electron chi connectivity index (χ0n) is 13.3. The number of unbranched alkanes of at least 4 members (excludes halogenated alkanes) is 1. The quantitative estimate of drug-likeness (QED) is 0.546. The Hall–Kier alpha value is -2.39. The average molecular weight is 351 g/mol. The van der Waals surface area contributed by atoms with Crippen molar-refractivity contribution in [2.75, 3.05) is 6.54 Å². The van der Waals surface area contributed by atoms with Gasteiger partial charge in [0.25, 0.3) is 0 Å². The van der Waals surface area contributed by atoms with Crippen LogP contribution in [0.1, 0.15) is 33.1 Å². The predicted octanol–water partition coefficient (Wildman–Crippen LogP) is 1.40. The number of rotatable bonds is 9. The van der Waals surface area contributed by atoms with E-state index in [4.69, 9.17) is 5.11 Å². The first-order valence-electron chi connectivity index (χ1n) is 7.16. The van der Waals surface area contributed by atoms with Gasteiger partial charge in [0.15, 0.2) is 0 Å². The van der Waals surface area contributed by atoms with Crippen molar-refractivity contribution in [3.63, 3.8) is 0 Å². The molecule has 0 radical (unpaired) electrons. The van der Waals surface area contributed by atoms with Gasteiger partial charge in [-0.15, -0.1) is 0 Å². The van der Waals surface area contributed by atoms with Crippen LogP contribution in [0.4, 0.5) is 13.2 Å². The van der Waals surface area contributed by atoms with Crippen LogP contribution < -0.4 is 10.6 Å². The van der Waals surface area contributed by atoms with E-state index in [1.54, 1.807) is 18.5 Å². The molecule has 1 atom stereocenters. The Bertz CT molecular complexity index is 516. The van der Waals surface area contributed by atoms with E-state index < -0.39 is 36.5 Å². The van der Waals surface area contributed by atoms with Gasteiger partial charge >= 0.3 is 18.1 Å². The Labute approximate surface area is 137 Å². The van der Waals surface area contributed by atoms with E-state index in [1.165, 1.54) is 6.08 Å². The van der Waals surface area contributed by atoms with Crippen LogP contribution in [-0.4, -0.2) is 47.9 Å². The first-order chi connectivity index (χ1) is 11.1. The molecule has 0 bridgehead atoms. The highest BCUT2D eigenvalue weighted by Crippen LogP contribution is 2.16. The molecule has 24 heavy (non-hydrogen) atoms. The van der Waals surface area contributed by atoms with Gasteiger partial charge in [0.05, 0.1) is 0 Å². The van der Waals surface area contributed by atoms with Crippen LogP contribution in [0.5, 0.6) is 0 Å². The molecule has 136 valence electrons. The highest BCUT2D eigenvalue weighted by molar-refractivity contribution is 5.91. The molecule has 0 aromatic heterocycles. The molecule has 2 amide bonds. The molecular formula is C14H20F3N3O4. The number of carboxylic acids is 1. The zero-order chi connectivity index (χ0) is 18.8. The van der Waals surface area contributed by atoms with Crippen molar-refractivity contribution in [2.45, 2.75) is 45.3 Å². The van der Waals surface area contributed by atoms with E-state index in [2.05, 4.69) is 4.99 Å². The maximum Gasteiger partial charge on any atom is 0.471 e. The number of amides is 2. The molecule has 1 unspecified atom stereocenters. The number of halogens is 3. The molecule has 0 aliphatic heterocycles. The SMILES string of the molecule is C/C=C(/CC(NC(=O)C(F)(F)F)C(=O)NCC(=O)O)N=CCCC. The summed E-state index contributed by atoms with van der Waals surface area (Å²) in [5.41, 5.74) is 0.293. The molecule has 0 aromatic rings. The lowest BCUT2D eigenvalue weighted by molar-refractivity contribution is -0.174. The molecular weight excluding hydrogens is 331 g/mol. The van der Waals surface area contributed by atoms with Crippen LogP contribution in [0.25, 0.3) is 0 Å². The summed E-state index contributed by atoms with van der Waals surface area (Å²) in [6.45, 7) is 2.71. The number of nitrogens with zero attached hydrogens (tertiary/aromatic N) is 1. The van der Waals surface area contributed by atoms with Crippen LogP contribution >= 0.6 is 0 Å². The van der Waals surface area contributed by atoms with Gasteiger partial charge in [-0.25, -0.2) is 0 Å². The van der Waals surface area contributed by atoms with Crippen LogP contribution in [0.15, 0.2) is 16.8 Å². The molecule has 0 aliphatic rings. The fourth-order valence-corrected chi connectivity index (χ4v) is 1.50. The highest BCUT2D eigenvalue weighted by atomic mass is 19.4. The molecule has 0 saturated carbocycles. The minimum atomic E-state index is -5.16. The third-order valence-electron chi connectivity index (χ3n) is 2.71. The number of carboxylic acid groups (broad SMARTS) is 1. The molecule has 0 fully saturated rings. The number of carbonyl (C=O) groups is 3. The maximum absolute atomic E-state index is 12.4. The van der Waals surface area contributed by atoms with Crippen LogP contribution in [0, 0.1) is 0 Å². The number of carbonyl (C=O) groups excluding carboxylic acids is 2. The number of aliphatic carboxylic acids is 1. The maximum atomic E-state index is 12.4. The lowest BCUT2D eigenvalue weighted by Crippen LogP contribution is -2.51. The van der Waals surface area contributed by atoms with Crippen molar-refractivity contribution in [1.29, 1.82) is 0 Å². The van der Waals surface area contributed by atoms with Crippen molar-refractivity contribution in [3.05, 3.63) is 11.8 Å². The Kier molecular flexibility index (Phi) is 9.36. The minimum absolute atomic E-state index is 0.293. The second kappa shape index (κ2) is 10.4. The Morgan fingerprint density at radius 3 is 2.38 bits per heavy atom. The fraction of sp³-hybridized carbons (Fsp3) is 0.571. The van der Waals surface area contributed by atoms with Crippen LogP contribution in [0.2, 0.25) is 0 Å². The van der Waals surface area contributed by atoms with E-state index >= 15 is 0 Å². The van der Waals surface area contributed by atoms with Gasteiger partial charge in [0, 0.05) is 18.3 Å². The standard InChI is InChI=1S/C14H20F3N3O4/c1-3-5-6-18-9(4-2)7-10(12(23)19-8-11(21)22)20-13(24)14(15,16)17/h4,6,10H,3,5,7-8H2,1-2H3,(H,19,23)(H,20,24)(H,21,22)/b9-4-,18-6?. The summed E-state index contributed by atoms with van der Waals surface area (Å²) in [6, 6.07) is -1.59. The molecule has 0 aromatic carbocycles. The van der Waals surface area contributed by atoms with Gasteiger partial charge < -0.3 is 15.7 Å². The Balaban J connectivity index is 5.12.